The molecule has 152 valence electrons. The van der Waals surface area contributed by atoms with E-state index in [4.69, 9.17) is 0 Å². The van der Waals surface area contributed by atoms with Gasteiger partial charge in [-0.15, -0.1) is 11.3 Å². The molecule has 1 aliphatic rings. The summed E-state index contributed by atoms with van der Waals surface area (Å²) in [6.07, 6.45) is 7.65. The van der Waals surface area contributed by atoms with Crippen LogP contribution >= 0.6 is 11.3 Å². The number of hydrogen-bond donors (Lipinski definition) is 2. The highest BCUT2D eigenvalue weighted by Crippen LogP contribution is 2.21. The van der Waals surface area contributed by atoms with Gasteiger partial charge in [-0.25, -0.2) is 17.8 Å². The van der Waals surface area contributed by atoms with Crippen molar-refractivity contribution in [1.29, 1.82) is 0 Å². The fourth-order valence-corrected chi connectivity index (χ4v) is 5.22. The van der Waals surface area contributed by atoms with Crippen LogP contribution < -0.4 is 10.0 Å². The molecule has 2 aromatic rings. The Labute approximate surface area is 168 Å². The first-order valence-corrected chi connectivity index (χ1v) is 11.8. The number of rotatable bonds is 7. The highest BCUT2D eigenvalue weighted by Gasteiger charge is 2.17. The molecular formula is C19H24FN3O3S2. The zero-order chi connectivity index (χ0) is 20.0. The lowest BCUT2D eigenvalue weighted by molar-refractivity contribution is -0.121. The lowest BCUT2D eigenvalue weighted by atomic mass is 10.1. The number of carbonyl (C=O) groups excluding carboxylic acids is 1. The van der Waals surface area contributed by atoms with E-state index in [0.29, 0.717) is 18.5 Å². The van der Waals surface area contributed by atoms with Gasteiger partial charge in [0.15, 0.2) is 5.13 Å². The number of anilines is 1. The predicted octanol–water partition coefficient (Wildman–Crippen LogP) is 3.85. The third kappa shape index (κ3) is 6.00. The predicted molar refractivity (Wildman–Crippen MR) is 107 cm³/mol. The molecule has 9 heteroatoms. The molecule has 0 atom stereocenters. The summed E-state index contributed by atoms with van der Waals surface area (Å²) in [7, 11) is -3.82. The number of sulfonamides is 1. The van der Waals surface area contributed by atoms with Gasteiger partial charge in [-0.2, -0.15) is 0 Å². The van der Waals surface area contributed by atoms with E-state index in [9.17, 15) is 17.6 Å². The fourth-order valence-electron chi connectivity index (χ4n) is 3.22. The van der Waals surface area contributed by atoms with Crippen LogP contribution in [0.15, 0.2) is 34.5 Å². The molecule has 0 unspecified atom stereocenters. The van der Waals surface area contributed by atoms with Gasteiger partial charge in [-0.05, 0) is 43.5 Å². The second kappa shape index (κ2) is 9.47. The molecular weight excluding hydrogens is 401 g/mol. The van der Waals surface area contributed by atoms with E-state index in [2.05, 4.69) is 15.0 Å². The minimum Gasteiger partial charge on any atom is -0.353 e. The molecule has 2 N–H and O–H groups in total. The first-order valence-electron chi connectivity index (χ1n) is 9.44. The summed E-state index contributed by atoms with van der Waals surface area (Å²) in [6, 6.07) is 4.85. The number of amides is 1. The van der Waals surface area contributed by atoms with E-state index < -0.39 is 15.8 Å². The van der Waals surface area contributed by atoms with Crippen LogP contribution in [0.4, 0.5) is 9.52 Å². The number of hydrogen-bond acceptors (Lipinski definition) is 5. The van der Waals surface area contributed by atoms with E-state index in [-0.39, 0.29) is 22.0 Å². The Balaban J connectivity index is 1.51. The van der Waals surface area contributed by atoms with Gasteiger partial charge >= 0.3 is 0 Å². The van der Waals surface area contributed by atoms with E-state index in [0.717, 1.165) is 49.2 Å². The normalized spacial score (nSPS) is 15.8. The summed E-state index contributed by atoms with van der Waals surface area (Å²) in [4.78, 5) is 16.4. The Morgan fingerprint density at radius 3 is 2.50 bits per heavy atom. The molecule has 0 radical (unpaired) electrons. The van der Waals surface area contributed by atoms with Gasteiger partial charge in [-0.3, -0.25) is 9.52 Å². The summed E-state index contributed by atoms with van der Waals surface area (Å²) in [5.74, 6) is -0.494. The summed E-state index contributed by atoms with van der Waals surface area (Å²) >= 11 is 1.16. The maximum absolute atomic E-state index is 13.0. The summed E-state index contributed by atoms with van der Waals surface area (Å²) in [6.45, 7) is 0. The highest BCUT2D eigenvalue weighted by atomic mass is 32.2. The van der Waals surface area contributed by atoms with Crippen LogP contribution in [0.3, 0.4) is 0 Å². The van der Waals surface area contributed by atoms with E-state index in [1.165, 1.54) is 25.0 Å². The van der Waals surface area contributed by atoms with Crippen molar-refractivity contribution in [3.63, 3.8) is 0 Å². The van der Waals surface area contributed by atoms with Crippen LogP contribution in [0.1, 0.15) is 50.6 Å². The number of aromatic nitrogens is 1. The van der Waals surface area contributed by atoms with Gasteiger partial charge in [0.1, 0.15) is 5.82 Å². The molecule has 1 saturated carbocycles. The Kier molecular flexibility index (Phi) is 7.01. The van der Waals surface area contributed by atoms with Crippen molar-refractivity contribution in [2.75, 3.05) is 4.72 Å². The molecule has 1 amide bonds. The maximum Gasteiger partial charge on any atom is 0.263 e. The zero-order valence-corrected chi connectivity index (χ0v) is 17.1. The molecule has 3 rings (SSSR count). The van der Waals surface area contributed by atoms with Crippen molar-refractivity contribution in [2.24, 2.45) is 0 Å². The van der Waals surface area contributed by atoms with E-state index in [1.807, 2.05) is 0 Å². The van der Waals surface area contributed by atoms with Gasteiger partial charge in [0.25, 0.3) is 10.0 Å². The molecule has 0 spiro atoms. The highest BCUT2D eigenvalue weighted by molar-refractivity contribution is 7.93. The monoisotopic (exact) mass is 425 g/mol. The third-order valence-corrected chi connectivity index (χ3v) is 7.02. The van der Waals surface area contributed by atoms with E-state index >= 15 is 0 Å². The number of nitrogens with one attached hydrogen (secondary N) is 2. The number of carbonyl (C=O) groups is 1. The summed E-state index contributed by atoms with van der Waals surface area (Å²) in [5.41, 5.74) is 0.665. The molecule has 0 bridgehead atoms. The van der Waals surface area contributed by atoms with Crippen molar-refractivity contribution >= 4 is 32.4 Å². The number of halogens is 1. The number of aryl methyl sites for hydroxylation is 1. The van der Waals surface area contributed by atoms with Crippen molar-refractivity contribution < 1.29 is 17.6 Å². The molecule has 1 fully saturated rings. The van der Waals surface area contributed by atoms with Crippen LogP contribution in [0.2, 0.25) is 0 Å². The Morgan fingerprint density at radius 1 is 1.14 bits per heavy atom. The lowest BCUT2D eigenvalue weighted by Crippen LogP contribution is -2.34. The van der Waals surface area contributed by atoms with Crippen LogP contribution in [0.5, 0.6) is 0 Å². The topological polar surface area (TPSA) is 88.2 Å². The van der Waals surface area contributed by atoms with Gasteiger partial charge in [0, 0.05) is 17.8 Å². The maximum atomic E-state index is 13.0. The molecule has 1 aliphatic carbocycles. The van der Waals surface area contributed by atoms with Gasteiger partial charge in [0.05, 0.1) is 10.6 Å². The van der Waals surface area contributed by atoms with Gasteiger partial charge in [-0.1, -0.05) is 25.7 Å². The zero-order valence-electron chi connectivity index (χ0n) is 15.5. The van der Waals surface area contributed by atoms with Gasteiger partial charge in [0.2, 0.25) is 5.91 Å². The smallest absolute Gasteiger partial charge is 0.263 e. The Bertz CT molecular complexity index is 889. The third-order valence-electron chi connectivity index (χ3n) is 4.73. The minimum absolute atomic E-state index is 0.00772. The van der Waals surface area contributed by atoms with Crippen molar-refractivity contribution in [3.05, 3.63) is 41.2 Å². The van der Waals surface area contributed by atoms with Crippen molar-refractivity contribution in [1.82, 2.24) is 10.3 Å². The average molecular weight is 426 g/mol. The first-order chi connectivity index (χ1) is 13.4. The molecule has 0 aliphatic heterocycles. The Hall–Kier alpha value is -2.00. The molecule has 1 aromatic carbocycles. The Morgan fingerprint density at radius 2 is 1.82 bits per heavy atom. The van der Waals surface area contributed by atoms with Crippen LogP contribution in [0.25, 0.3) is 0 Å². The van der Waals surface area contributed by atoms with Crippen LogP contribution in [-0.4, -0.2) is 25.4 Å². The molecule has 0 saturated heterocycles. The number of thiazole rings is 1. The first kappa shape index (κ1) is 20.7. The largest absolute Gasteiger partial charge is 0.353 e. The quantitative estimate of drug-likeness (QED) is 0.660. The second-order valence-electron chi connectivity index (χ2n) is 6.96. The molecule has 6 nitrogen and oxygen atoms in total. The minimum atomic E-state index is -3.82. The van der Waals surface area contributed by atoms with Gasteiger partial charge < -0.3 is 5.32 Å². The summed E-state index contributed by atoms with van der Waals surface area (Å²) < 4.78 is 40.0. The van der Waals surface area contributed by atoms with Crippen LogP contribution in [-0.2, 0) is 21.2 Å². The second-order valence-corrected chi connectivity index (χ2v) is 9.50. The summed E-state index contributed by atoms with van der Waals surface area (Å²) in [5, 5.41) is 5.06. The SMILES string of the molecule is O=C(CCc1csc(NS(=O)(=O)c2ccc(F)cc2)n1)NC1CCCCCC1. The standard InChI is InChI=1S/C19H24FN3O3S2/c20-14-7-10-17(11-8-14)28(25,26)23-19-22-16(13-27-19)9-12-18(24)21-15-5-3-1-2-4-6-15/h7-8,10-11,13,15H,1-6,9,12H2,(H,21,24)(H,22,23). The van der Waals surface area contributed by atoms with Crippen molar-refractivity contribution in [3.8, 4) is 0 Å². The number of benzene rings is 1. The number of nitrogens with zero attached hydrogens (tertiary/aromatic N) is 1. The average Bonchev–Trinajstić information content (AvgIpc) is 2.93. The van der Waals surface area contributed by atoms with Crippen LogP contribution in [0, 0.1) is 5.82 Å². The van der Waals surface area contributed by atoms with Crippen molar-refractivity contribution in [2.45, 2.75) is 62.3 Å². The molecule has 1 aromatic heterocycles. The fraction of sp³-hybridized carbons (Fsp3) is 0.474. The molecule has 28 heavy (non-hydrogen) atoms. The van der Waals surface area contributed by atoms with E-state index in [1.54, 1.807) is 5.38 Å². The molecule has 1 heterocycles. The lowest BCUT2D eigenvalue weighted by Gasteiger charge is -2.15.